The minimum Gasteiger partial charge on any atom is -0.370 e. The summed E-state index contributed by atoms with van der Waals surface area (Å²) >= 11 is 0. The molecule has 0 saturated carbocycles. The zero-order chi connectivity index (χ0) is 19.4. The van der Waals surface area contributed by atoms with E-state index in [1.807, 2.05) is 0 Å². The molecule has 3 aliphatic heterocycles. The van der Waals surface area contributed by atoms with Crippen molar-refractivity contribution in [2.45, 2.75) is 70.5 Å². The molecule has 27 heavy (non-hydrogen) atoms. The van der Waals surface area contributed by atoms with Crippen molar-refractivity contribution >= 4 is 11.8 Å². The molecule has 0 aromatic heterocycles. The van der Waals surface area contributed by atoms with Gasteiger partial charge in [0.15, 0.2) is 0 Å². The fourth-order valence-corrected chi connectivity index (χ4v) is 5.58. The normalized spacial score (nSPS) is 32.1. The Morgan fingerprint density at radius 3 is 2.67 bits per heavy atom. The minimum atomic E-state index is -0.0327. The van der Waals surface area contributed by atoms with E-state index in [9.17, 15) is 9.59 Å². The minimum absolute atomic E-state index is 0.0327. The maximum absolute atomic E-state index is 12.6. The number of nitrogens with zero attached hydrogens (tertiary/aromatic N) is 1. The number of rotatable bonds is 10. The predicted molar refractivity (Wildman–Crippen MR) is 105 cm³/mol. The van der Waals surface area contributed by atoms with Gasteiger partial charge in [0.05, 0.1) is 11.7 Å². The van der Waals surface area contributed by atoms with Gasteiger partial charge in [-0.1, -0.05) is 26.7 Å². The number of carbonyl (C=O) groups is 2. The summed E-state index contributed by atoms with van der Waals surface area (Å²) in [5, 5.41) is 5.96. The van der Waals surface area contributed by atoms with Gasteiger partial charge in [0, 0.05) is 57.4 Å². The van der Waals surface area contributed by atoms with Crippen LogP contribution in [-0.2, 0) is 14.3 Å². The van der Waals surface area contributed by atoms with Gasteiger partial charge in [-0.15, -0.1) is 0 Å². The van der Waals surface area contributed by atoms with E-state index < -0.39 is 0 Å². The van der Waals surface area contributed by atoms with E-state index in [0.717, 1.165) is 64.7 Å². The van der Waals surface area contributed by atoms with E-state index in [-0.39, 0.29) is 23.3 Å². The van der Waals surface area contributed by atoms with Gasteiger partial charge in [0.1, 0.15) is 0 Å². The number of hydrogen-bond donors (Lipinski definition) is 2. The smallest absolute Gasteiger partial charge is 0.223 e. The summed E-state index contributed by atoms with van der Waals surface area (Å²) in [4.78, 5) is 26.6. The first kappa shape index (κ1) is 20.6. The average molecular weight is 380 g/mol. The Labute approximate surface area is 163 Å². The molecule has 2 amide bonds. The molecule has 3 rings (SSSR count). The highest BCUT2D eigenvalue weighted by Crippen LogP contribution is 2.54. The molecule has 0 aliphatic carbocycles. The van der Waals surface area contributed by atoms with Crippen LogP contribution in [0.5, 0.6) is 0 Å². The first-order chi connectivity index (χ1) is 13.0. The Morgan fingerprint density at radius 1 is 1.26 bits per heavy atom. The van der Waals surface area contributed by atoms with Crippen LogP contribution < -0.4 is 10.6 Å². The molecule has 0 unspecified atom stereocenters. The van der Waals surface area contributed by atoms with Crippen LogP contribution in [-0.4, -0.2) is 61.6 Å². The number of fused-ring (bicyclic) bond motifs is 1. The molecule has 6 nitrogen and oxygen atoms in total. The van der Waals surface area contributed by atoms with Crippen molar-refractivity contribution < 1.29 is 14.3 Å². The van der Waals surface area contributed by atoms with Crippen molar-refractivity contribution in [3.63, 3.8) is 0 Å². The summed E-state index contributed by atoms with van der Waals surface area (Å²) in [6.07, 6.45) is 7.13. The molecule has 3 fully saturated rings. The number of nitrogens with one attached hydrogen (secondary N) is 2. The average Bonchev–Trinajstić information content (AvgIpc) is 3.32. The van der Waals surface area contributed by atoms with Gasteiger partial charge in [-0.2, -0.15) is 0 Å². The fourth-order valence-electron chi connectivity index (χ4n) is 5.58. The Kier molecular flexibility index (Phi) is 6.79. The van der Waals surface area contributed by atoms with Gasteiger partial charge in [0.2, 0.25) is 11.8 Å². The molecule has 1 spiro atoms. The van der Waals surface area contributed by atoms with Crippen LogP contribution in [0.25, 0.3) is 0 Å². The molecule has 154 valence electrons. The highest BCUT2D eigenvalue weighted by molar-refractivity contribution is 5.78. The summed E-state index contributed by atoms with van der Waals surface area (Å²) < 4.78 is 6.45. The number of likely N-dealkylation sites (tertiary alicyclic amines) is 1. The van der Waals surface area contributed by atoms with Gasteiger partial charge in [-0.25, -0.2) is 0 Å². The van der Waals surface area contributed by atoms with Gasteiger partial charge >= 0.3 is 0 Å². The molecule has 0 aromatic rings. The maximum Gasteiger partial charge on any atom is 0.223 e. The number of hydrogen-bond acceptors (Lipinski definition) is 4. The van der Waals surface area contributed by atoms with Crippen molar-refractivity contribution in [1.82, 2.24) is 15.5 Å². The first-order valence-electron chi connectivity index (χ1n) is 10.9. The molecule has 3 saturated heterocycles. The lowest BCUT2D eigenvalue weighted by molar-refractivity contribution is -0.126. The highest BCUT2D eigenvalue weighted by atomic mass is 16.5. The molecule has 4 atom stereocenters. The third kappa shape index (κ3) is 4.32. The monoisotopic (exact) mass is 379 g/mol. The summed E-state index contributed by atoms with van der Waals surface area (Å²) in [5.41, 5.74) is -0.0327. The molecular formula is C21H37N3O3. The SMILES string of the molecule is CCCC(CCC)C(=O)NC[C@H]1[C@H]2CN(CCC(=O)NC)C[C@]23CC[C@H]1O3. The lowest BCUT2D eigenvalue weighted by atomic mass is 9.73. The van der Waals surface area contributed by atoms with Gasteiger partial charge in [-0.3, -0.25) is 14.5 Å². The summed E-state index contributed by atoms with van der Waals surface area (Å²) in [7, 11) is 1.69. The largest absolute Gasteiger partial charge is 0.370 e. The van der Waals surface area contributed by atoms with E-state index in [1.54, 1.807) is 7.05 Å². The van der Waals surface area contributed by atoms with Crippen LogP contribution in [0.2, 0.25) is 0 Å². The Balaban J connectivity index is 1.54. The quantitative estimate of drug-likeness (QED) is 0.609. The van der Waals surface area contributed by atoms with E-state index in [1.165, 1.54) is 0 Å². The molecule has 0 radical (unpaired) electrons. The zero-order valence-corrected chi connectivity index (χ0v) is 17.3. The van der Waals surface area contributed by atoms with Gasteiger partial charge < -0.3 is 15.4 Å². The second-order valence-corrected chi connectivity index (χ2v) is 8.71. The summed E-state index contributed by atoms with van der Waals surface area (Å²) in [6.45, 7) is 7.75. The van der Waals surface area contributed by atoms with Crippen LogP contribution in [0.4, 0.5) is 0 Å². The second-order valence-electron chi connectivity index (χ2n) is 8.71. The lowest BCUT2D eigenvalue weighted by Crippen LogP contribution is -2.43. The third-order valence-electron chi connectivity index (χ3n) is 6.95. The summed E-state index contributed by atoms with van der Waals surface area (Å²) in [5.74, 6) is 1.37. The van der Waals surface area contributed by atoms with Crippen molar-refractivity contribution in [2.24, 2.45) is 17.8 Å². The highest BCUT2D eigenvalue weighted by Gasteiger charge is 2.62. The Hall–Kier alpha value is -1.14. The maximum atomic E-state index is 12.6. The molecule has 6 heteroatoms. The lowest BCUT2D eigenvalue weighted by Gasteiger charge is -2.30. The zero-order valence-electron chi connectivity index (χ0n) is 17.3. The number of amides is 2. The van der Waals surface area contributed by atoms with Crippen LogP contribution in [0.15, 0.2) is 0 Å². The Morgan fingerprint density at radius 2 is 2.00 bits per heavy atom. The molecule has 3 aliphatic rings. The number of ether oxygens (including phenoxy) is 1. The molecular weight excluding hydrogens is 342 g/mol. The summed E-state index contributed by atoms with van der Waals surface area (Å²) in [6, 6.07) is 0. The molecule has 2 N–H and O–H groups in total. The van der Waals surface area contributed by atoms with Crippen molar-refractivity contribution in [2.75, 3.05) is 33.2 Å². The standard InChI is InChI=1S/C21H37N3O3/c1-4-6-15(7-5-2)20(26)23-12-16-17-13-24(11-9-19(25)22-3)14-21(17)10-8-18(16)27-21/h15-18H,4-14H2,1-3H3,(H,22,25)(H,23,26)/t16-,17+,18+,21+/m0/s1. The second kappa shape index (κ2) is 8.91. The van der Waals surface area contributed by atoms with Crippen LogP contribution in [0.1, 0.15) is 58.8 Å². The molecule has 2 bridgehead atoms. The van der Waals surface area contributed by atoms with Crippen LogP contribution in [0.3, 0.4) is 0 Å². The van der Waals surface area contributed by atoms with Gasteiger partial charge in [0.25, 0.3) is 0 Å². The van der Waals surface area contributed by atoms with E-state index in [0.29, 0.717) is 24.4 Å². The van der Waals surface area contributed by atoms with Crippen molar-refractivity contribution in [1.29, 1.82) is 0 Å². The predicted octanol–water partition coefficient (Wildman–Crippen LogP) is 1.93. The van der Waals surface area contributed by atoms with E-state index in [2.05, 4.69) is 29.4 Å². The topological polar surface area (TPSA) is 70.7 Å². The third-order valence-corrected chi connectivity index (χ3v) is 6.95. The van der Waals surface area contributed by atoms with E-state index >= 15 is 0 Å². The number of carbonyl (C=O) groups excluding carboxylic acids is 2. The van der Waals surface area contributed by atoms with Crippen molar-refractivity contribution in [3.05, 3.63) is 0 Å². The molecule has 3 heterocycles. The Bertz CT molecular complexity index is 535. The van der Waals surface area contributed by atoms with Crippen LogP contribution >= 0.6 is 0 Å². The molecule has 0 aromatic carbocycles. The van der Waals surface area contributed by atoms with Gasteiger partial charge in [-0.05, 0) is 25.7 Å². The van der Waals surface area contributed by atoms with E-state index in [4.69, 9.17) is 4.74 Å². The van der Waals surface area contributed by atoms with Crippen molar-refractivity contribution in [3.8, 4) is 0 Å². The first-order valence-corrected chi connectivity index (χ1v) is 10.9. The van der Waals surface area contributed by atoms with Crippen LogP contribution in [0, 0.1) is 17.8 Å². The fraction of sp³-hybridized carbons (Fsp3) is 0.905.